The number of amides is 1. The van der Waals surface area contributed by atoms with Gasteiger partial charge in [-0.3, -0.25) is 4.79 Å². The normalized spacial score (nSPS) is 10.9. The van der Waals surface area contributed by atoms with Gasteiger partial charge in [0.15, 0.2) is 0 Å². The molecule has 0 aliphatic heterocycles. The number of carboxylic acids is 1. The van der Waals surface area contributed by atoms with Crippen molar-refractivity contribution in [2.45, 2.75) is 40.2 Å². The zero-order valence-electron chi connectivity index (χ0n) is 12.6. The number of aromatic carboxylic acids is 1. The van der Waals surface area contributed by atoms with E-state index in [1.807, 2.05) is 18.7 Å². The molecule has 1 aromatic carbocycles. The van der Waals surface area contributed by atoms with Crippen molar-refractivity contribution in [3.63, 3.8) is 0 Å². The van der Waals surface area contributed by atoms with Crippen LogP contribution in [0.3, 0.4) is 0 Å². The first-order valence-electron chi connectivity index (χ1n) is 6.93. The quantitative estimate of drug-likeness (QED) is 0.870. The molecule has 1 aromatic rings. The maximum atomic E-state index is 12.3. The number of nitrogens with zero attached hydrogens (tertiary/aromatic N) is 1. The van der Waals surface area contributed by atoms with E-state index in [4.69, 9.17) is 5.11 Å². The number of rotatable bonds is 6. The Hall–Kier alpha value is -1.84. The number of carboxylic acid groups (broad SMARTS) is 1. The summed E-state index contributed by atoms with van der Waals surface area (Å²) >= 11 is 0. The maximum Gasteiger partial charge on any atom is 0.335 e. The van der Waals surface area contributed by atoms with Crippen molar-refractivity contribution < 1.29 is 14.7 Å². The Labute approximate surface area is 120 Å². The van der Waals surface area contributed by atoms with Crippen LogP contribution in [0.5, 0.6) is 0 Å². The summed E-state index contributed by atoms with van der Waals surface area (Å²) in [6, 6.07) is 6.71. The van der Waals surface area contributed by atoms with E-state index >= 15 is 0 Å². The van der Waals surface area contributed by atoms with Gasteiger partial charge in [0.25, 0.3) is 0 Å². The molecule has 0 spiro atoms. The number of benzene rings is 1. The van der Waals surface area contributed by atoms with Gasteiger partial charge in [-0.15, -0.1) is 0 Å². The molecular weight excluding hydrogens is 254 g/mol. The predicted octanol–water partition coefficient (Wildman–Crippen LogP) is 2.82. The molecule has 0 atom stereocenters. The van der Waals surface area contributed by atoms with Crippen LogP contribution in [-0.4, -0.2) is 34.5 Å². The highest BCUT2D eigenvalue weighted by molar-refractivity contribution is 5.88. The third kappa shape index (κ3) is 4.68. The minimum atomic E-state index is -0.970. The Morgan fingerprint density at radius 2 is 1.85 bits per heavy atom. The summed E-state index contributed by atoms with van der Waals surface area (Å²) < 4.78 is 0. The Balaban J connectivity index is 2.82. The van der Waals surface area contributed by atoms with Crippen LogP contribution in [0.25, 0.3) is 0 Å². The van der Waals surface area contributed by atoms with Gasteiger partial charge in [0.1, 0.15) is 0 Å². The number of hydrogen-bond donors (Lipinski definition) is 1. The molecule has 1 N–H and O–H groups in total. The number of hydrogen-bond acceptors (Lipinski definition) is 2. The largest absolute Gasteiger partial charge is 0.478 e. The monoisotopic (exact) mass is 277 g/mol. The van der Waals surface area contributed by atoms with E-state index in [-0.39, 0.29) is 23.9 Å². The first kappa shape index (κ1) is 16.2. The summed E-state index contributed by atoms with van der Waals surface area (Å²) in [5.41, 5.74) is 0.958. The molecule has 0 fully saturated rings. The summed E-state index contributed by atoms with van der Waals surface area (Å²) in [6.07, 6.45) is 0.242. The molecule has 1 amide bonds. The molecule has 0 unspecified atom stereocenters. The molecule has 20 heavy (non-hydrogen) atoms. The molecule has 0 saturated carbocycles. The van der Waals surface area contributed by atoms with Crippen LogP contribution in [0.15, 0.2) is 24.3 Å². The lowest BCUT2D eigenvalue weighted by Gasteiger charge is -2.28. The van der Waals surface area contributed by atoms with Crippen LogP contribution in [0.2, 0.25) is 0 Å². The van der Waals surface area contributed by atoms with Gasteiger partial charge in [0.05, 0.1) is 12.0 Å². The van der Waals surface area contributed by atoms with Gasteiger partial charge in [0.2, 0.25) is 5.91 Å². The smallest absolute Gasteiger partial charge is 0.335 e. The molecule has 0 aliphatic rings. The van der Waals surface area contributed by atoms with Crippen LogP contribution < -0.4 is 0 Å². The van der Waals surface area contributed by atoms with Gasteiger partial charge < -0.3 is 10.0 Å². The van der Waals surface area contributed by atoms with Gasteiger partial charge >= 0.3 is 5.97 Å². The van der Waals surface area contributed by atoms with Crippen molar-refractivity contribution in [2.75, 3.05) is 6.54 Å². The van der Waals surface area contributed by atoms with Crippen LogP contribution in [0, 0.1) is 5.92 Å². The first-order chi connectivity index (χ1) is 9.31. The molecule has 0 saturated heterocycles. The van der Waals surface area contributed by atoms with Gasteiger partial charge in [-0.25, -0.2) is 4.79 Å². The molecule has 0 bridgehead atoms. The van der Waals surface area contributed by atoms with Crippen LogP contribution >= 0.6 is 0 Å². The molecule has 0 heterocycles. The standard InChI is InChI=1S/C16H23NO3/c1-11(2)10-17(12(3)4)15(18)9-13-6-5-7-14(8-13)16(19)20/h5-8,11-12H,9-10H2,1-4H3,(H,19,20). The van der Waals surface area contributed by atoms with Crippen molar-refractivity contribution in [3.05, 3.63) is 35.4 Å². The van der Waals surface area contributed by atoms with Crippen LogP contribution in [-0.2, 0) is 11.2 Å². The number of carbonyl (C=O) groups excluding carboxylic acids is 1. The van der Waals surface area contributed by atoms with Crippen molar-refractivity contribution in [1.29, 1.82) is 0 Å². The van der Waals surface area contributed by atoms with Crippen molar-refractivity contribution >= 4 is 11.9 Å². The van der Waals surface area contributed by atoms with E-state index in [1.165, 1.54) is 6.07 Å². The van der Waals surface area contributed by atoms with E-state index in [0.717, 1.165) is 12.1 Å². The third-order valence-electron chi connectivity index (χ3n) is 3.03. The summed E-state index contributed by atoms with van der Waals surface area (Å²) in [4.78, 5) is 25.1. The molecule has 1 rings (SSSR count). The topological polar surface area (TPSA) is 57.6 Å². The maximum absolute atomic E-state index is 12.3. The third-order valence-corrected chi connectivity index (χ3v) is 3.03. The Kier molecular flexibility index (Phi) is 5.74. The summed E-state index contributed by atoms with van der Waals surface area (Å²) in [5, 5.41) is 8.96. The van der Waals surface area contributed by atoms with E-state index in [0.29, 0.717) is 5.92 Å². The fourth-order valence-corrected chi connectivity index (χ4v) is 2.08. The summed E-state index contributed by atoms with van der Waals surface area (Å²) in [7, 11) is 0. The summed E-state index contributed by atoms with van der Waals surface area (Å²) in [6.45, 7) is 8.86. The minimum Gasteiger partial charge on any atom is -0.478 e. The zero-order chi connectivity index (χ0) is 15.3. The van der Waals surface area contributed by atoms with E-state index in [1.54, 1.807) is 18.2 Å². The molecule has 110 valence electrons. The van der Waals surface area contributed by atoms with Crippen molar-refractivity contribution in [3.8, 4) is 0 Å². The zero-order valence-corrected chi connectivity index (χ0v) is 12.6. The average Bonchev–Trinajstić information content (AvgIpc) is 2.35. The second-order valence-electron chi connectivity index (χ2n) is 5.72. The lowest BCUT2D eigenvalue weighted by molar-refractivity contribution is -0.132. The second-order valence-corrected chi connectivity index (χ2v) is 5.72. The highest BCUT2D eigenvalue weighted by atomic mass is 16.4. The lowest BCUT2D eigenvalue weighted by Crippen LogP contribution is -2.40. The fraction of sp³-hybridized carbons (Fsp3) is 0.500. The van der Waals surface area contributed by atoms with Crippen molar-refractivity contribution in [1.82, 2.24) is 4.90 Å². The lowest BCUT2D eigenvalue weighted by atomic mass is 10.1. The van der Waals surface area contributed by atoms with E-state index in [2.05, 4.69) is 13.8 Å². The molecule has 0 aliphatic carbocycles. The Bertz CT molecular complexity index is 480. The SMILES string of the molecule is CC(C)CN(C(=O)Cc1cccc(C(=O)O)c1)C(C)C. The van der Waals surface area contributed by atoms with Crippen molar-refractivity contribution in [2.24, 2.45) is 5.92 Å². The molecular formula is C16H23NO3. The van der Waals surface area contributed by atoms with Gasteiger partial charge in [-0.05, 0) is 37.5 Å². The number of carbonyl (C=O) groups is 2. The molecule has 0 aromatic heterocycles. The highest BCUT2D eigenvalue weighted by Gasteiger charge is 2.18. The Morgan fingerprint density at radius 3 is 2.35 bits per heavy atom. The molecule has 0 radical (unpaired) electrons. The van der Waals surface area contributed by atoms with Gasteiger partial charge in [0, 0.05) is 12.6 Å². The molecule has 4 heteroatoms. The first-order valence-corrected chi connectivity index (χ1v) is 6.93. The Morgan fingerprint density at radius 1 is 1.20 bits per heavy atom. The van der Waals surface area contributed by atoms with E-state index < -0.39 is 5.97 Å². The van der Waals surface area contributed by atoms with E-state index in [9.17, 15) is 9.59 Å². The summed E-state index contributed by atoms with van der Waals surface area (Å²) in [5.74, 6) is -0.523. The minimum absolute atomic E-state index is 0.0382. The molecule has 4 nitrogen and oxygen atoms in total. The van der Waals surface area contributed by atoms with Gasteiger partial charge in [-0.2, -0.15) is 0 Å². The van der Waals surface area contributed by atoms with Crippen LogP contribution in [0.4, 0.5) is 0 Å². The predicted molar refractivity (Wildman–Crippen MR) is 78.8 cm³/mol. The second kappa shape index (κ2) is 7.08. The van der Waals surface area contributed by atoms with Gasteiger partial charge in [-0.1, -0.05) is 26.0 Å². The fourth-order valence-electron chi connectivity index (χ4n) is 2.08. The average molecular weight is 277 g/mol. The van der Waals surface area contributed by atoms with Crippen LogP contribution in [0.1, 0.15) is 43.6 Å². The highest BCUT2D eigenvalue weighted by Crippen LogP contribution is 2.11.